The summed E-state index contributed by atoms with van der Waals surface area (Å²) in [5, 5.41) is 2.35. The lowest BCUT2D eigenvalue weighted by Gasteiger charge is -2.29. The maximum Gasteiger partial charge on any atom is 0.164 e. The molecule has 0 radical (unpaired) electrons. The van der Waals surface area contributed by atoms with Crippen LogP contribution in [-0.4, -0.2) is 26.1 Å². The van der Waals surface area contributed by atoms with E-state index in [2.05, 4.69) is 178 Å². The summed E-state index contributed by atoms with van der Waals surface area (Å²) in [7, 11) is 0. The van der Waals surface area contributed by atoms with Crippen molar-refractivity contribution in [3.8, 4) is 39.9 Å². The van der Waals surface area contributed by atoms with Crippen LogP contribution in [0.2, 0.25) is 0 Å². The molecule has 2 aromatic heterocycles. The summed E-state index contributed by atoms with van der Waals surface area (Å²) in [5.74, 6) is 1.91. The lowest BCUT2D eigenvalue weighted by atomic mass is 10.1. The number of hydrogen-bond acceptors (Lipinski definition) is 5. The van der Waals surface area contributed by atoms with Crippen molar-refractivity contribution in [2.24, 2.45) is 0 Å². The summed E-state index contributed by atoms with van der Waals surface area (Å²) in [6.45, 7) is 2.77. The first-order valence-electron chi connectivity index (χ1n) is 21.6. The van der Waals surface area contributed by atoms with E-state index in [9.17, 15) is 0 Å². The van der Waals surface area contributed by atoms with Gasteiger partial charge in [0.2, 0.25) is 0 Å². The van der Waals surface area contributed by atoms with Gasteiger partial charge in [-0.25, -0.2) is 15.0 Å². The predicted molar refractivity (Wildman–Crippen MR) is 263 cm³/mol. The van der Waals surface area contributed by atoms with Crippen molar-refractivity contribution in [2.45, 2.75) is 19.8 Å². The number of allylic oxidation sites excluding steroid dienone is 7. The molecule has 7 aromatic carbocycles. The number of nitrogens with zero attached hydrogens (tertiary/aromatic N) is 6. The molecule has 0 unspecified atom stereocenters. The maximum atomic E-state index is 5.01. The Kier molecular flexibility index (Phi) is 11.1. The molecule has 1 aliphatic carbocycles. The zero-order valence-corrected chi connectivity index (χ0v) is 35.2. The first-order valence-corrected chi connectivity index (χ1v) is 21.6. The SMILES string of the molecule is C/C=C\C=C/CN(c1ccccc1)c1ccc2c(c1)c1cc(N(C3=CC=CCC3)c3ccccc3)ccc1n2-c1ccc(-c2nc(-c3ccccc3)nc(-c3ccccc3)n2)cc1. The highest BCUT2D eigenvalue weighted by atomic mass is 15.2. The van der Waals surface area contributed by atoms with Crippen LogP contribution in [0.25, 0.3) is 61.7 Å². The minimum Gasteiger partial charge on any atom is -0.338 e. The molecule has 0 atom stereocenters. The number of fused-ring (bicyclic) bond motifs is 3. The molecule has 0 amide bonds. The van der Waals surface area contributed by atoms with Gasteiger partial charge < -0.3 is 14.4 Å². The van der Waals surface area contributed by atoms with Crippen LogP contribution in [0.5, 0.6) is 0 Å². The van der Waals surface area contributed by atoms with Crippen molar-refractivity contribution < 1.29 is 0 Å². The Labute approximate surface area is 368 Å². The lowest BCUT2D eigenvalue weighted by molar-refractivity contribution is 0.918. The second-order valence-electron chi connectivity index (χ2n) is 15.5. The quantitative estimate of drug-likeness (QED) is 0.115. The Morgan fingerprint density at radius 3 is 1.60 bits per heavy atom. The van der Waals surface area contributed by atoms with Crippen molar-refractivity contribution in [1.29, 1.82) is 0 Å². The minimum atomic E-state index is 0.628. The van der Waals surface area contributed by atoms with Gasteiger partial charge in [0.1, 0.15) is 0 Å². The molecule has 0 saturated carbocycles. The van der Waals surface area contributed by atoms with Gasteiger partial charge in [0.15, 0.2) is 17.5 Å². The largest absolute Gasteiger partial charge is 0.338 e. The van der Waals surface area contributed by atoms with Crippen LogP contribution in [-0.2, 0) is 0 Å². The van der Waals surface area contributed by atoms with Crippen LogP contribution in [0.3, 0.4) is 0 Å². The molecule has 10 rings (SSSR count). The average Bonchev–Trinajstić information content (AvgIpc) is 3.68. The molecule has 6 heteroatoms. The molecule has 0 aliphatic heterocycles. The van der Waals surface area contributed by atoms with Gasteiger partial charge in [0, 0.05) is 68.1 Å². The van der Waals surface area contributed by atoms with Crippen molar-refractivity contribution in [3.05, 3.63) is 230 Å². The van der Waals surface area contributed by atoms with Gasteiger partial charge in [-0.05, 0) is 111 Å². The third kappa shape index (κ3) is 8.10. The fraction of sp³-hybridized carbons (Fsp3) is 0.0702. The molecule has 0 saturated heterocycles. The zero-order chi connectivity index (χ0) is 42.4. The van der Waals surface area contributed by atoms with Crippen molar-refractivity contribution >= 4 is 44.6 Å². The van der Waals surface area contributed by atoms with Crippen LogP contribution in [0.1, 0.15) is 19.8 Å². The van der Waals surface area contributed by atoms with Crippen LogP contribution in [0.15, 0.2) is 230 Å². The molecular weight excluding hydrogens is 769 g/mol. The second kappa shape index (κ2) is 17.9. The Bertz CT molecular complexity index is 3070. The van der Waals surface area contributed by atoms with E-state index in [4.69, 9.17) is 15.0 Å². The lowest BCUT2D eigenvalue weighted by Crippen LogP contribution is -2.17. The third-order valence-electron chi connectivity index (χ3n) is 11.5. The van der Waals surface area contributed by atoms with Gasteiger partial charge in [0.25, 0.3) is 0 Å². The summed E-state index contributed by atoms with van der Waals surface area (Å²) in [5.41, 5.74) is 11.9. The average molecular weight is 815 g/mol. The van der Waals surface area contributed by atoms with Gasteiger partial charge in [-0.3, -0.25) is 0 Å². The molecular formula is C57H46N6. The molecule has 6 nitrogen and oxygen atoms in total. The highest BCUT2D eigenvalue weighted by Gasteiger charge is 2.21. The van der Waals surface area contributed by atoms with E-state index >= 15 is 0 Å². The number of hydrogen-bond donors (Lipinski definition) is 0. The van der Waals surface area contributed by atoms with E-state index < -0.39 is 0 Å². The van der Waals surface area contributed by atoms with Crippen molar-refractivity contribution in [1.82, 2.24) is 19.5 Å². The first kappa shape index (κ1) is 39.1. The van der Waals surface area contributed by atoms with E-state index in [1.54, 1.807) is 0 Å². The number of para-hydroxylation sites is 2. The molecule has 1 aliphatic rings. The summed E-state index contributed by atoms with van der Waals surface area (Å²) < 4.78 is 2.38. The van der Waals surface area contributed by atoms with E-state index in [1.165, 1.54) is 16.5 Å². The van der Waals surface area contributed by atoms with Gasteiger partial charge in [0.05, 0.1) is 11.0 Å². The van der Waals surface area contributed by atoms with Crippen molar-refractivity contribution in [3.63, 3.8) is 0 Å². The minimum absolute atomic E-state index is 0.628. The number of rotatable bonds is 12. The second-order valence-corrected chi connectivity index (χ2v) is 15.5. The Hall–Kier alpha value is -8.09. The summed E-state index contributed by atoms with van der Waals surface area (Å²) >= 11 is 0. The monoisotopic (exact) mass is 814 g/mol. The molecule has 304 valence electrons. The van der Waals surface area contributed by atoms with Crippen LogP contribution < -0.4 is 9.80 Å². The molecule has 63 heavy (non-hydrogen) atoms. The number of aromatic nitrogens is 4. The molecule has 2 heterocycles. The predicted octanol–water partition coefficient (Wildman–Crippen LogP) is 14.6. The van der Waals surface area contributed by atoms with Crippen molar-refractivity contribution in [2.75, 3.05) is 16.3 Å². The standard InChI is InChI=1S/C57H46N6/c1-2-3-4-20-39-61(45-25-14-7-15-26-45)49-35-37-53-51(40-49)52-41-50(62(46-27-16-8-17-28-46)47-29-18-9-19-30-47)36-38-54(52)63(53)48-33-31-44(32-34-48)57-59-55(42-21-10-5-11-22-42)58-56(60-57)43-23-12-6-13-24-43/h2-18,20-29,31-38,40-41H,19,30,39H2,1H3/b3-2-,20-4-. The molecule has 0 bridgehead atoms. The van der Waals surface area contributed by atoms with E-state index in [0.29, 0.717) is 17.5 Å². The Morgan fingerprint density at radius 1 is 0.524 bits per heavy atom. The number of benzene rings is 7. The van der Waals surface area contributed by atoms with Gasteiger partial charge >= 0.3 is 0 Å². The number of anilines is 4. The molecule has 0 N–H and O–H groups in total. The summed E-state index contributed by atoms with van der Waals surface area (Å²) in [6, 6.07) is 64.0. The molecule has 0 spiro atoms. The van der Waals surface area contributed by atoms with Gasteiger partial charge in [-0.2, -0.15) is 0 Å². The Balaban J connectivity index is 1.13. The van der Waals surface area contributed by atoms with E-state index in [0.717, 1.165) is 75.5 Å². The fourth-order valence-corrected chi connectivity index (χ4v) is 8.44. The first-order chi connectivity index (χ1) is 31.2. The normalized spacial score (nSPS) is 12.7. The topological polar surface area (TPSA) is 50.1 Å². The molecule has 9 aromatic rings. The van der Waals surface area contributed by atoms with E-state index in [-0.39, 0.29) is 0 Å². The van der Waals surface area contributed by atoms with Gasteiger partial charge in [-0.1, -0.05) is 134 Å². The Morgan fingerprint density at radius 2 is 1.05 bits per heavy atom. The fourth-order valence-electron chi connectivity index (χ4n) is 8.44. The van der Waals surface area contributed by atoms with Crippen LogP contribution >= 0.6 is 0 Å². The summed E-state index contributed by atoms with van der Waals surface area (Å²) in [4.78, 5) is 19.7. The van der Waals surface area contributed by atoms with Crippen LogP contribution in [0.4, 0.5) is 22.7 Å². The molecule has 0 fully saturated rings. The van der Waals surface area contributed by atoms with Crippen LogP contribution in [0, 0.1) is 0 Å². The highest BCUT2D eigenvalue weighted by Crippen LogP contribution is 2.41. The smallest absolute Gasteiger partial charge is 0.164 e. The maximum absolute atomic E-state index is 5.01. The highest BCUT2D eigenvalue weighted by molar-refractivity contribution is 6.11. The summed E-state index contributed by atoms with van der Waals surface area (Å²) in [6.07, 6.45) is 17.1. The van der Waals surface area contributed by atoms with Gasteiger partial charge in [-0.15, -0.1) is 0 Å². The third-order valence-corrected chi connectivity index (χ3v) is 11.5. The van der Waals surface area contributed by atoms with E-state index in [1.807, 2.05) is 67.6 Å². The zero-order valence-electron chi connectivity index (χ0n) is 35.2.